The van der Waals surface area contributed by atoms with Crippen LogP contribution in [0.1, 0.15) is 35.2 Å². The average molecular weight is 292 g/mol. The van der Waals surface area contributed by atoms with Gasteiger partial charge in [0, 0.05) is 6.42 Å². The van der Waals surface area contributed by atoms with E-state index in [-0.39, 0.29) is 5.78 Å². The van der Waals surface area contributed by atoms with Crippen molar-refractivity contribution in [1.29, 1.82) is 0 Å². The van der Waals surface area contributed by atoms with Crippen molar-refractivity contribution >= 4 is 11.4 Å². The van der Waals surface area contributed by atoms with Crippen molar-refractivity contribution < 1.29 is 4.79 Å². The predicted octanol–water partition coefficient (Wildman–Crippen LogP) is 2.86. The Bertz CT molecular complexity index is 883. The summed E-state index contributed by atoms with van der Waals surface area (Å²) in [5, 5.41) is 13.1. The molecule has 0 amide bonds. The number of ketones is 1. The number of Topliss-reactive ketones (excluding diaryl/α,β-unsaturated/α-hetero) is 1. The standard InChI is InChI=1S/C17H16N4O/c1-10-8-13-16(14(22)9-10)18-19-17-15(11(2)20-21(13)17)12-6-4-3-5-7-12/h3-7,10H,8-9H2,1-2H3/t10-/m0/s1. The Balaban J connectivity index is 2.01. The molecule has 0 aliphatic heterocycles. The third-order valence-electron chi connectivity index (χ3n) is 4.21. The molecule has 5 heteroatoms. The molecule has 1 aliphatic carbocycles. The first kappa shape index (κ1) is 13.1. The van der Waals surface area contributed by atoms with Gasteiger partial charge in [0.25, 0.3) is 0 Å². The largest absolute Gasteiger partial charge is 0.292 e. The number of hydrogen-bond acceptors (Lipinski definition) is 4. The van der Waals surface area contributed by atoms with E-state index in [1.54, 1.807) is 0 Å². The highest BCUT2D eigenvalue weighted by atomic mass is 16.1. The molecule has 5 nitrogen and oxygen atoms in total. The molecule has 110 valence electrons. The molecule has 1 aromatic carbocycles. The van der Waals surface area contributed by atoms with Gasteiger partial charge in [-0.1, -0.05) is 37.3 Å². The van der Waals surface area contributed by atoms with Crippen LogP contribution in [0, 0.1) is 12.8 Å². The molecule has 0 saturated carbocycles. The summed E-state index contributed by atoms with van der Waals surface area (Å²) in [6, 6.07) is 10.1. The summed E-state index contributed by atoms with van der Waals surface area (Å²) in [4.78, 5) is 12.2. The molecule has 2 heterocycles. The first-order valence-electron chi connectivity index (χ1n) is 7.48. The van der Waals surface area contributed by atoms with E-state index in [4.69, 9.17) is 0 Å². The fraction of sp³-hybridized carbons (Fsp3) is 0.294. The zero-order valence-corrected chi connectivity index (χ0v) is 12.6. The number of benzene rings is 1. The van der Waals surface area contributed by atoms with Crippen molar-refractivity contribution in [2.45, 2.75) is 26.7 Å². The molecule has 0 bridgehead atoms. The van der Waals surface area contributed by atoms with Crippen LogP contribution in [0.4, 0.5) is 0 Å². The summed E-state index contributed by atoms with van der Waals surface area (Å²) in [5.74, 6) is 0.384. The van der Waals surface area contributed by atoms with Gasteiger partial charge in [0.15, 0.2) is 17.1 Å². The van der Waals surface area contributed by atoms with E-state index in [9.17, 15) is 4.79 Å². The second-order valence-corrected chi connectivity index (χ2v) is 5.99. The molecule has 0 fully saturated rings. The minimum Gasteiger partial charge on any atom is -0.292 e. The highest BCUT2D eigenvalue weighted by Gasteiger charge is 2.28. The van der Waals surface area contributed by atoms with Crippen LogP contribution >= 0.6 is 0 Å². The van der Waals surface area contributed by atoms with Gasteiger partial charge in [0.05, 0.1) is 17.0 Å². The maximum atomic E-state index is 12.2. The molecule has 0 saturated heterocycles. The Morgan fingerprint density at radius 2 is 1.91 bits per heavy atom. The van der Waals surface area contributed by atoms with Crippen LogP contribution in [0.25, 0.3) is 16.8 Å². The maximum Gasteiger partial charge on any atom is 0.185 e. The van der Waals surface area contributed by atoms with Crippen molar-refractivity contribution in [3.63, 3.8) is 0 Å². The maximum absolute atomic E-state index is 12.2. The fourth-order valence-corrected chi connectivity index (χ4v) is 3.21. The van der Waals surface area contributed by atoms with Gasteiger partial charge in [-0.05, 0) is 24.8 Å². The van der Waals surface area contributed by atoms with Crippen molar-refractivity contribution in [2.75, 3.05) is 0 Å². The highest BCUT2D eigenvalue weighted by Crippen LogP contribution is 2.30. The quantitative estimate of drug-likeness (QED) is 0.692. The molecular weight excluding hydrogens is 276 g/mol. The lowest BCUT2D eigenvalue weighted by atomic mass is 9.90. The third kappa shape index (κ3) is 1.85. The van der Waals surface area contributed by atoms with E-state index in [0.29, 0.717) is 18.0 Å². The van der Waals surface area contributed by atoms with E-state index in [1.165, 1.54) is 0 Å². The number of carbonyl (C=O) groups is 1. The molecule has 22 heavy (non-hydrogen) atoms. The number of aryl methyl sites for hydroxylation is 1. The second kappa shape index (κ2) is 4.73. The summed E-state index contributed by atoms with van der Waals surface area (Å²) < 4.78 is 1.81. The lowest BCUT2D eigenvalue weighted by molar-refractivity contribution is 0.0944. The summed E-state index contributed by atoms with van der Waals surface area (Å²) >= 11 is 0. The highest BCUT2D eigenvalue weighted by molar-refractivity contribution is 5.96. The molecule has 0 radical (unpaired) electrons. The number of aromatic nitrogens is 4. The number of rotatable bonds is 1. The molecule has 2 aromatic heterocycles. The average Bonchev–Trinajstić information content (AvgIpc) is 2.84. The molecule has 0 unspecified atom stereocenters. The van der Waals surface area contributed by atoms with Gasteiger partial charge in [-0.2, -0.15) is 5.10 Å². The number of hydrogen-bond donors (Lipinski definition) is 0. The van der Waals surface area contributed by atoms with Crippen LogP contribution in [0.15, 0.2) is 30.3 Å². The zero-order chi connectivity index (χ0) is 15.3. The van der Waals surface area contributed by atoms with Gasteiger partial charge in [-0.15, -0.1) is 10.2 Å². The van der Waals surface area contributed by atoms with Gasteiger partial charge in [-0.3, -0.25) is 4.79 Å². The summed E-state index contributed by atoms with van der Waals surface area (Å²) in [6.07, 6.45) is 1.35. The van der Waals surface area contributed by atoms with Gasteiger partial charge < -0.3 is 0 Å². The topological polar surface area (TPSA) is 60.1 Å². The molecule has 1 atom stereocenters. The molecular formula is C17H16N4O. The normalized spacial score (nSPS) is 17.7. The second-order valence-electron chi connectivity index (χ2n) is 5.99. The minimum absolute atomic E-state index is 0.0672. The lowest BCUT2D eigenvalue weighted by Gasteiger charge is -2.19. The van der Waals surface area contributed by atoms with E-state index in [0.717, 1.165) is 34.6 Å². The van der Waals surface area contributed by atoms with Crippen LogP contribution < -0.4 is 0 Å². The van der Waals surface area contributed by atoms with Gasteiger partial charge in [0.1, 0.15) is 0 Å². The lowest BCUT2D eigenvalue weighted by Crippen LogP contribution is -2.23. The first-order valence-corrected chi connectivity index (χ1v) is 7.48. The van der Waals surface area contributed by atoms with E-state index >= 15 is 0 Å². The van der Waals surface area contributed by atoms with E-state index < -0.39 is 0 Å². The summed E-state index contributed by atoms with van der Waals surface area (Å²) in [7, 11) is 0. The van der Waals surface area contributed by atoms with E-state index in [1.807, 2.05) is 41.8 Å². The Morgan fingerprint density at radius 1 is 1.14 bits per heavy atom. The molecule has 1 aliphatic rings. The van der Waals surface area contributed by atoms with Crippen LogP contribution in [-0.4, -0.2) is 25.6 Å². The Kier molecular flexibility index (Phi) is 2.82. The SMILES string of the molecule is Cc1nn2c3c(nnc2c1-c1ccccc1)C(=O)C[C@@H](C)C3. The number of carbonyl (C=O) groups excluding carboxylic acids is 1. The molecule has 4 rings (SSSR count). The van der Waals surface area contributed by atoms with Gasteiger partial charge in [0.2, 0.25) is 0 Å². The Hall–Kier alpha value is -2.56. The van der Waals surface area contributed by atoms with Crippen LogP contribution in [-0.2, 0) is 6.42 Å². The van der Waals surface area contributed by atoms with Gasteiger partial charge >= 0.3 is 0 Å². The van der Waals surface area contributed by atoms with Crippen LogP contribution in [0.5, 0.6) is 0 Å². The van der Waals surface area contributed by atoms with Crippen molar-refractivity contribution in [2.24, 2.45) is 5.92 Å². The molecule has 0 N–H and O–H groups in total. The first-order chi connectivity index (χ1) is 10.6. The van der Waals surface area contributed by atoms with Gasteiger partial charge in [-0.25, -0.2) is 4.52 Å². The number of fused-ring (bicyclic) bond motifs is 3. The van der Waals surface area contributed by atoms with Crippen molar-refractivity contribution in [3.8, 4) is 11.1 Å². The summed E-state index contributed by atoms with van der Waals surface area (Å²) in [5.41, 5.74) is 5.05. The molecule has 3 aromatic rings. The van der Waals surface area contributed by atoms with E-state index in [2.05, 4.69) is 22.2 Å². The zero-order valence-electron chi connectivity index (χ0n) is 12.6. The Labute approximate surface area is 128 Å². The number of nitrogens with zero attached hydrogens (tertiary/aromatic N) is 4. The van der Waals surface area contributed by atoms with Crippen molar-refractivity contribution in [1.82, 2.24) is 19.8 Å². The summed E-state index contributed by atoms with van der Waals surface area (Å²) in [6.45, 7) is 4.05. The minimum atomic E-state index is 0.0672. The monoisotopic (exact) mass is 292 g/mol. The van der Waals surface area contributed by atoms with Crippen LogP contribution in [0.2, 0.25) is 0 Å². The third-order valence-corrected chi connectivity index (χ3v) is 4.21. The fourth-order valence-electron chi connectivity index (χ4n) is 3.21. The predicted molar refractivity (Wildman–Crippen MR) is 82.8 cm³/mol. The Morgan fingerprint density at radius 3 is 2.68 bits per heavy atom. The molecule has 0 spiro atoms. The smallest absolute Gasteiger partial charge is 0.185 e. The van der Waals surface area contributed by atoms with Crippen molar-refractivity contribution in [3.05, 3.63) is 47.4 Å². The van der Waals surface area contributed by atoms with Crippen LogP contribution in [0.3, 0.4) is 0 Å².